The smallest absolute Gasteiger partial charge is 0.262 e. The van der Waals surface area contributed by atoms with Gasteiger partial charge in [-0.15, -0.1) is 10.2 Å². The van der Waals surface area contributed by atoms with E-state index in [0.29, 0.717) is 23.0 Å². The molecule has 0 aliphatic rings. The van der Waals surface area contributed by atoms with Crippen molar-refractivity contribution in [2.75, 3.05) is 19.0 Å². The summed E-state index contributed by atoms with van der Waals surface area (Å²) in [5, 5.41) is 11.2. The molecule has 1 N–H and O–H groups in total. The van der Waals surface area contributed by atoms with Crippen LogP contribution in [0.4, 0.5) is 5.69 Å². The number of ether oxygens (including phenoxy) is 2. The lowest BCUT2D eigenvalue weighted by Gasteiger charge is -2.11. The number of aromatic nitrogens is 3. The fraction of sp³-hybridized carbons (Fsp3) is 0.0952. The molecule has 0 radical (unpaired) electrons. The molecule has 0 bridgehead atoms. The van der Waals surface area contributed by atoms with Gasteiger partial charge in [-0.1, -0.05) is 30.3 Å². The average molecular weight is 374 g/mol. The lowest BCUT2D eigenvalue weighted by atomic mass is 10.2. The second kappa shape index (κ2) is 7.79. The molecule has 1 amide bonds. The van der Waals surface area contributed by atoms with Crippen LogP contribution < -0.4 is 14.8 Å². The molecule has 0 unspecified atom stereocenters. The van der Waals surface area contributed by atoms with E-state index in [2.05, 4.69) is 15.5 Å². The zero-order valence-electron chi connectivity index (χ0n) is 15.2. The number of amides is 1. The molecule has 0 aliphatic carbocycles. The normalized spacial score (nSPS) is 10.6. The molecule has 0 saturated heterocycles. The number of nitrogens with one attached hydrogen (secondary N) is 1. The number of hydrogen-bond acceptors (Lipinski definition) is 5. The molecular weight excluding hydrogens is 356 g/mol. The molecule has 2 heterocycles. The van der Waals surface area contributed by atoms with Crippen molar-refractivity contribution in [1.82, 2.24) is 14.6 Å². The van der Waals surface area contributed by atoms with E-state index in [1.54, 1.807) is 19.2 Å². The van der Waals surface area contributed by atoms with Gasteiger partial charge in [-0.25, -0.2) is 0 Å². The number of anilines is 1. The van der Waals surface area contributed by atoms with Crippen LogP contribution in [-0.4, -0.2) is 34.2 Å². The van der Waals surface area contributed by atoms with Crippen LogP contribution in [0.25, 0.3) is 17.0 Å². The van der Waals surface area contributed by atoms with Gasteiger partial charge in [0.1, 0.15) is 0 Å². The monoisotopic (exact) mass is 374 g/mol. The van der Waals surface area contributed by atoms with Crippen molar-refractivity contribution in [2.45, 2.75) is 0 Å². The fourth-order valence-corrected chi connectivity index (χ4v) is 2.85. The molecule has 4 aromatic rings. The summed E-state index contributed by atoms with van der Waals surface area (Å²) >= 11 is 0. The molecule has 4 rings (SSSR count). The van der Waals surface area contributed by atoms with Crippen LogP contribution >= 0.6 is 0 Å². The van der Waals surface area contributed by atoms with E-state index < -0.39 is 0 Å². The maximum Gasteiger partial charge on any atom is 0.262 e. The van der Waals surface area contributed by atoms with E-state index in [9.17, 15) is 4.79 Å². The number of nitrogens with zero attached hydrogens (tertiary/aromatic N) is 3. The van der Waals surface area contributed by atoms with E-state index in [1.807, 2.05) is 65.2 Å². The molecule has 0 atom stereocenters. The highest BCUT2D eigenvalue weighted by molar-refractivity contribution is 5.92. The van der Waals surface area contributed by atoms with Crippen molar-refractivity contribution >= 4 is 17.2 Å². The Bertz CT molecular complexity index is 1120. The molecule has 2 aromatic carbocycles. The lowest BCUT2D eigenvalue weighted by Crippen LogP contribution is -2.20. The van der Waals surface area contributed by atoms with Crippen molar-refractivity contribution in [1.29, 1.82) is 0 Å². The van der Waals surface area contributed by atoms with Crippen LogP contribution in [0.15, 0.2) is 72.9 Å². The SMILES string of the molecule is COc1ccccc1OCC(=O)Nc1cccc(-c2nnc3ccccn23)c1. The van der Waals surface area contributed by atoms with E-state index >= 15 is 0 Å². The quantitative estimate of drug-likeness (QED) is 0.559. The number of para-hydroxylation sites is 2. The van der Waals surface area contributed by atoms with Gasteiger partial charge in [-0.2, -0.15) is 0 Å². The Labute approximate surface area is 161 Å². The van der Waals surface area contributed by atoms with Crippen LogP contribution in [0.3, 0.4) is 0 Å². The number of methoxy groups -OCH3 is 1. The van der Waals surface area contributed by atoms with Gasteiger partial charge in [0.15, 0.2) is 29.6 Å². The van der Waals surface area contributed by atoms with Gasteiger partial charge in [-0.3, -0.25) is 9.20 Å². The summed E-state index contributed by atoms with van der Waals surface area (Å²) in [6.07, 6.45) is 1.90. The summed E-state index contributed by atoms with van der Waals surface area (Å²) in [4.78, 5) is 12.3. The fourth-order valence-electron chi connectivity index (χ4n) is 2.85. The number of carbonyl (C=O) groups excluding carboxylic acids is 1. The Kier molecular flexibility index (Phi) is 4.88. The number of benzene rings is 2. The van der Waals surface area contributed by atoms with Gasteiger partial charge in [0.05, 0.1) is 7.11 Å². The molecule has 2 aromatic heterocycles. The minimum Gasteiger partial charge on any atom is -0.493 e. The summed E-state index contributed by atoms with van der Waals surface area (Å²) in [6, 6.07) is 20.3. The first-order chi connectivity index (χ1) is 13.7. The summed E-state index contributed by atoms with van der Waals surface area (Å²) in [7, 11) is 1.56. The third kappa shape index (κ3) is 3.64. The van der Waals surface area contributed by atoms with Crippen LogP contribution in [0, 0.1) is 0 Å². The number of pyridine rings is 1. The largest absolute Gasteiger partial charge is 0.493 e. The zero-order valence-corrected chi connectivity index (χ0v) is 15.2. The first-order valence-corrected chi connectivity index (χ1v) is 8.70. The third-order valence-electron chi connectivity index (χ3n) is 4.15. The second-order valence-corrected chi connectivity index (χ2v) is 6.02. The highest BCUT2D eigenvalue weighted by atomic mass is 16.5. The predicted octanol–water partition coefficient (Wildman–Crippen LogP) is 3.42. The van der Waals surface area contributed by atoms with Crippen molar-refractivity contribution in [3.8, 4) is 22.9 Å². The number of hydrogen-bond donors (Lipinski definition) is 1. The van der Waals surface area contributed by atoms with Gasteiger partial charge in [0.2, 0.25) is 0 Å². The minimum atomic E-state index is -0.269. The Morgan fingerprint density at radius 2 is 1.82 bits per heavy atom. The second-order valence-electron chi connectivity index (χ2n) is 6.02. The van der Waals surface area contributed by atoms with Crippen LogP contribution in [-0.2, 0) is 4.79 Å². The third-order valence-corrected chi connectivity index (χ3v) is 4.15. The summed E-state index contributed by atoms with van der Waals surface area (Å²) in [6.45, 7) is -0.127. The lowest BCUT2D eigenvalue weighted by molar-refractivity contribution is -0.118. The standard InChI is InChI=1S/C21H18N4O3/c1-27-17-9-2-3-10-18(17)28-14-20(26)22-16-8-6-7-15(13-16)21-24-23-19-11-4-5-12-25(19)21/h2-13H,14H2,1H3,(H,22,26). The molecule has 7 heteroatoms. The van der Waals surface area contributed by atoms with E-state index in [1.165, 1.54) is 0 Å². The topological polar surface area (TPSA) is 77.8 Å². The number of carbonyl (C=O) groups is 1. The van der Waals surface area contributed by atoms with Crippen molar-refractivity contribution in [2.24, 2.45) is 0 Å². The average Bonchev–Trinajstić information content (AvgIpc) is 3.17. The van der Waals surface area contributed by atoms with Crippen LogP contribution in [0.5, 0.6) is 11.5 Å². The number of rotatable bonds is 6. The van der Waals surface area contributed by atoms with Crippen molar-refractivity contribution < 1.29 is 14.3 Å². The van der Waals surface area contributed by atoms with E-state index in [4.69, 9.17) is 9.47 Å². The van der Waals surface area contributed by atoms with Gasteiger partial charge >= 0.3 is 0 Å². The van der Waals surface area contributed by atoms with Crippen molar-refractivity contribution in [3.63, 3.8) is 0 Å². The molecule has 0 spiro atoms. The Morgan fingerprint density at radius 3 is 2.68 bits per heavy atom. The van der Waals surface area contributed by atoms with Crippen LogP contribution in [0.1, 0.15) is 0 Å². The number of fused-ring (bicyclic) bond motifs is 1. The maximum atomic E-state index is 12.3. The molecule has 28 heavy (non-hydrogen) atoms. The summed E-state index contributed by atoms with van der Waals surface area (Å²) in [5.74, 6) is 1.53. The molecule has 7 nitrogen and oxygen atoms in total. The van der Waals surface area contributed by atoms with Gasteiger partial charge in [0, 0.05) is 17.4 Å². The Hall–Kier alpha value is -3.87. The summed E-state index contributed by atoms with van der Waals surface area (Å²) in [5.41, 5.74) is 2.26. The molecular formula is C21H18N4O3. The van der Waals surface area contributed by atoms with Crippen molar-refractivity contribution in [3.05, 3.63) is 72.9 Å². The molecule has 0 fully saturated rings. The van der Waals surface area contributed by atoms with Gasteiger partial charge in [0.25, 0.3) is 5.91 Å². The highest BCUT2D eigenvalue weighted by Crippen LogP contribution is 2.26. The first-order valence-electron chi connectivity index (χ1n) is 8.70. The summed E-state index contributed by atoms with van der Waals surface area (Å²) < 4.78 is 12.7. The maximum absolute atomic E-state index is 12.3. The molecule has 0 saturated carbocycles. The first kappa shape index (κ1) is 17.5. The van der Waals surface area contributed by atoms with E-state index in [-0.39, 0.29) is 12.5 Å². The van der Waals surface area contributed by atoms with Crippen LogP contribution in [0.2, 0.25) is 0 Å². The Morgan fingerprint density at radius 1 is 1.00 bits per heavy atom. The van der Waals surface area contributed by atoms with Gasteiger partial charge < -0.3 is 14.8 Å². The van der Waals surface area contributed by atoms with E-state index in [0.717, 1.165) is 11.2 Å². The molecule has 0 aliphatic heterocycles. The molecule has 140 valence electrons. The zero-order chi connectivity index (χ0) is 19.3. The Balaban J connectivity index is 1.47. The van der Waals surface area contributed by atoms with Gasteiger partial charge in [-0.05, 0) is 36.4 Å². The highest BCUT2D eigenvalue weighted by Gasteiger charge is 2.10. The predicted molar refractivity (Wildman–Crippen MR) is 106 cm³/mol. The minimum absolute atomic E-state index is 0.127.